The van der Waals surface area contributed by atoms with Crippen LogP contribution in [-0.4, -0.2) is 29.3 Å². The van der Waals surface area contributed by atoms with E-state index in [0.717, 1.165) is 18.4 Å². The third kappa shape index (κ3) is 2.48. The molecular formula is C14H19NO3. The van der Waals surface area contributed by atoms with Gasteiger partial charge in [-0.05, 0) is 30.9 Å². The predicted molar refractivity (Wildman–Crippen MR) is 68.6 cm³/mol. The molecule has 1 fully saturated rings. The number of nitrogens with one attached hydrogen (secondary N) is 1. The Bertz CT molecular complexity index is 452. The first-order valence-electron chi connectivity index (χ1n) is 6.32. The molecule has 18 heavy (non-hydrogen) atoms. The topological polar surface area (TPSA) is 69.6 Å². The maximum absolute atomic E-state index is 12.0. The number of aryl methyl sites for hydroxylation is 1. The normalized spacial score (nSPS) is 16.3. The van der Waals surface area contributed by atoms with Gasteiger partial charge in [-0.2, -0.15) is 0 Å². The summed E-state index contributed by atoms with van der Waals surface area (Å²) in [6.45, 7) is 2.51. The molecule has 3 N–H and O–H groups in total. The lowest BCUT2D eigenvalue weighted by molar-refractivity contribution is 0.0932. The van der Waals surface area contributed by atoms with Gasteiger partial charge in [0.25, 0.3) is 5.91 Å². The van der Waals surface area contributed by atoms with Gasteiger partial charge in [0.1, 0.15) is 5.75 Å². The van der Waals surface area contributed by atoms with Gasteiger partial charge in [0.2, 0.25) is 0 Å². The highest BCUT2D eigenvalue weighted by molar-refractivity contribution is 5.97. The molecule has 4 heteroatoms. The molecule has 0 radical (unpaired) electrons. The quantitative estimate of drug-likeness (QED) is 0.740. The van der Waals surface area contributed by atoms with Crippen LogP contribution in [0.1, 0.15) is 35.7 Å². The molecule has 0 saturated heterocycles. The highest BCUT2D eigenvalue weighted by Crippen LogP contribution is 2.44. The summed E-state index contributed by atoms with van der Waals surface area (Å²) in [5, 5.41) is 21.9. The Balaban J connectivity index is 2.05. The molecule has 0 unspecified atom stereocenters. The van der Waals surface area contributed by atoms with Gasteiger partial charge in [-0.15, -0.1) is 0 Å². The van der Waals surface area contributed by atoms with E-state index >= 15 is 0 Å². The lowest BCUT2D eigenvalue weighted by Gasteiger charge is -2.14. The summed E-state index contributed by atoms with van der Waals surface area (Å²) in [5.41, 5.74) is 0.960. The Kier molecular flexibility index (Phi) is 3.57. The molecular weight excluding hydrogens is 230 g/mol. The minimum absolute atomic E-state index is 0.0614. The van der Waals surface area contributed by atoms with Crippen LogP contribution >= 0.6 is 0 Å². The van der Waals surface area contributed by atoms with Crippen LogP contribution < -0.4 is 5.32 Å². The fraction of sp³-hybridized carbons (Fsp3) is 0.500. The summed E-state index contributed by atoms with van der Waals surface area (Å²) in [6.07, 6.45) is 2.59. The van der Waals surface area contributed by atoms with Crippen molar-refractivity contribution in [3.05, 3.63) is 29.3 Å². The van der Waals surface area contributed by atoms with E-state index in [1.807, 2.05) is 13.0 Å². The van der Waals surface area contributed by atoms with Crippen LogP contribution in [0.2, 0.25) is 0 Å². The van der Waals surface area contributed by atoms with Crippen LogP contribution in [0.25, 0.3) is 0 Å². The van der Waals surface area contributed by atoms with Crippen LogP contribution in [0.3, 0.4) is 0 Å². The number of carbonyl (C=O) groups is 1. The smallest absolute Gasteiger partial charge is 0.255 e. The molecule has 1 amide bonds. The minimum atomic E-state index is -0.275. The highest BCUT2D eigenvalue weighted by Gasteiger charge is 2.42. The Morgan fingerprint density at radius 2 is 2.17 bits per heavy atom. The standard InChI is InChI=1S/C14H19NO3/c1-2-10-4-3-5-11(12(10)17)13(18)15-8-14(9-16)6-7-14/h3-5,16-17H,2,6-9H2,1H3,(H,15,18). The van der Waals surface area contributed by atoms with Crippen molar-refractivity contribution < 1.29 is 15.0 Å². The molecule has 0 heterocycles. The molecule has 1 saturated carbocycles. The molecule has 1 aliphatic rings. The zero-order valence-electron chi connectivity index (χ0n) is 10.6. The van der Waals surface area contributed by atoms with E-state index in [9.17, 15) is 15.0 Å². The number of hydrogen-bond acceptors (Lipinski definition) is 3. The SMILES string of the molecule is CCc1cccc(C(=O)NCC2(CO)CC2)c1O. The third-order valence-electron chi connectivity index (χ3n) is 3.66. The fourth-order valence-corrected chi connectivity index (χ4v) is 1.99. The third-order valence-corrected chi connectivity index (χ3v) is 3.66. The summed E-state index contributed by atoms with van der Waals surface area (Å²) in [4.78, 5) is 12.0. The van der Waals surface area contributed by atoms with Crippen molar-refractivity contribution >= 4 is 5.91 Å². The molecule has 1 aromatic rings. The second kappa shape index (κ2) is 4.98. The average Bonchev–Trinajstić information content (AvgIpc) is 3.17. The first kappa shape index (κ1) is 12.9. The largest absolute Gasteiger partial charge is 0.507 e. The first-order valence-corrected chi connectivity index (χ1v) is 6.32. The summed E-state index contributed by atoms with van der Waals surface area (Å²) in [5.74, 6) is -0.214. The number of phenols is 1. The number of amides is 1. The molecule has 0 atom stereocenters. The number of aromatic hydroxyl groups is 1. The number of phenolic OH excluding ortho intramolecular Hbond substituents is 1. The maximum Gasteiger partial charge on any atom is 0.255 e. The van der Waals surface area contributed by atoms with E-state index in [0.29, 0.717) is 18.5 Å². The van der Waals surface area contributed by atoms with E-state index in [-0.39, 0.29) is 23.7 Å². The van der Waals surface area contributed by atoms with Gasteiger partial charge in [0.15, 0.2) is 0 Å². The van der Waals surface area contributed by atoms with Crippen molar-refractivity contribution in [2.24, 2.45) is 5.41 Å². The summed E-state index contributed by atoms with van der Waals surface area (Å²) < 4.78 is 0. The van der Waals surface area contributed by atoms with Crippen molar-refractivity contribution in [2.45, 2.75) is 26.2 Å². The monoisotopic (exact) mass is 249 g/mol. The van der Waals surface area contributed by atoms with Crippen molar-refractivity contribution in [1.82, 2.24) is 5.32 Å². The highest BCUT2D eigenvalue weighted by atomic mass is 16.3. The van der Waals surface area contributed by atoms with E-state index in [1.165, 1.54) is 0 Å². The summed E-state index contributed by atoms with van der Waals surface area (Å²) in [7, 11) is 0. The molecule has 1 aliphatic carbocycles. The predicted octanol–water partition coefficient (Wildman–Crippen LogP) is 1.46. The maximum atomic E-state index is 12.0. The van der Waals surface area contributed by atoms with E-state index in [4.69, 9.17) is 0 Å². The van der Waals surface area contributed by atoms with Gasteiger partial charge < -0.3 is 15.5 Å². The van der Waals surface area contributed by atoms with Crippen LogP contribution in [-0.2, 0) is 6.42 Å². The molecule has 0 aromatic heterocycles. The van der Waals surface area contributed by atoms with E-state index in [2.05, 4.69) is 5.32 Å². The average molecular weight is 249 g/mol. The van der Waals surface area contributed by atoms with Crippen molar-refractivity contribution in [3.63, 3.8) is 0 Å². The van der Waals surface area contributed by atoms with Gasteiger partial charge in [-0.25, -0.2) is 0 Å². The first-order chi connectivity index (χ1) is 8.62. The van der Waals surface area contributed by atoms with E-state index < -0.39 is 0 Å². The number of rotatable bonds is 5. The Morgan fingerprint density at radius 1 is 1.44 bits per heavy atom. The van der Waals surface area contributed by atoms with Gasteiger partial charge in [0.05, 0.1) is 12.2 Å². The van der Waals surface area contributed by atoms with Crippen LogP contribution in [0.5, 0.6) is 5.75 Å². The minimum Gasteiger partial charge on any atom is -0.507 e. The Labute approximate surface area is 107 Å². The van der Waals surface area contributed by atoms with Crippen LogP contribution in [0, 0.1) is 5.41 Å². The Morgan fingerprint density at radius 3 is 2.72 bits per heavy atom. The molecule has 0 spiro atoms. The Hall–Kier alpha value is -1.55. The molecule has 0 bridgehead atoms. The number of aliphatic hydroxyl groups is 1. The van der Waals surface area contributed by atoms with Gasteiger partial charge >= 0.3 is 0 Å². The zero-order valence-corrected chi connectivity index (χ0v) is 10.6. The molecule has 98 valence electrons. The molecule has 1 aromatic carbocycles. The van der Waals surface area contributed by atoms with E-state index in [1.54, 1.807) is 12.1 Å². The van der Waals surface area contributed by atoms with Gasteiger partial charge in [0, 0.05) is 12.0 Å². The summed E-state index contributed by atoms with van der Waals surface area (Å²) in [6, 6.07) is 5.19. The fourth-order valence-electron chi connectivity index (χ4n) is 1.99. The lowest BCUT2D eigenvalue weighted by Crippen LogP contribution is -2.31. The number of carbonyl (C=O) groups excluding carboxylic acids is 1. The lowest BCUT2D eigenvalue weighted by atomic mass is 10.1. The summed E-state index contributed by atoms with van der Waals surface area (Å²) >= 11 is 0. The molecule has 0 aliphatic heterocycles. The molecule has 2 rings (SSSR count). The molecule has 4 nitrogen and oxygen atoms in total. The second-order valence-electron chi connectivity index (χ2n) is 5.01. The second-order valence-corrected chi connectivity index (χ2v) is 5.01. The number of aliphatic hydroxyl groups excluding tert-OH is 1. The van der Waals surface area contributed by atoms with Crippen molar-refractivity contribution in [1.29, 1.82) is 0 Å². The zero-order chi connectivity index (χ0) is 13.2. The van der Waals surface area contributed by atoms with Gasteiger partial charge in [-0.1, -0.05) is 19.1 Å². The van der Waals surface area contributed by atoms with Crippen LogP contribution in [0.15, 0.2) is 18.2 Å². The van der Waals surface area contributed by atoms with Crippen molar-refractivity contribution in [2.75, 3.05) is 13.2 Å². The number of benzene rings is 1. The van der Waals surface area contributed by atoms with Crippen molar-refractivity contribution in [3.8, 4) is 5.75 Å². The van der Waals surface area contributed by atoms with Crippen LogP contribution in [0.4, 0.5) is 0 Å². The van der Waals surface area contributed by atoms with Gasteiger partial charge in [-0.3, -0.25) is 4.79 Å². The number of para-hydroxylation sites is 1. The number of hydrogen-bond donors (Lipinski definition) is 3.